The molecule has 0 aromatic heterocycles. The third-order valence-corrected chi connectivity index (χ3v) is 5.13. The average Bonchev–Trinajstić information content (AvgIpc) is 2.67. The van der Waals surface area contributed by atoms with Gasteiger partial charge in [0.1, 0.15) is 0 Å². The molecule has 0 radical (unpaired) electrons. The molecule has 4 N–H and O–H groups in total. The lowest BCUT2D eigenvalue weighted by Gasteiger charge is -2.20. The van der Waals surface area contributed by atoms with Crippen LogP contribution in [0, 0.1) is 0 Å². The van der Waals surface area contributed by atoms with Gasteiger partial charge in [-0.1, -0.05) is 23.2 Å². The Morgan fingerprint density at radius 1 is 0.818 bits per heavy atom. The molecule has 4 nitrogen and oxygen atoms in total. The highest BCUT2D eigenvalue weighted by Crippen LogP contribution is 2.37. The Labute approximate surface area is 206 Å². The molecule has 1 unspecified atom stereocenters. The van der Waals surface area contributed by atoms with Crippen molar-refractivity contribution in [3.63, 3.8) is 0 Å². The topological polar surface area (TPSA) is 48.1 Å². The lowest BCUT2D eigenvalue weighted by molar-refractivity contribution is -0.138. The SMILES string of the molecule is CC(CNC(=S)Nc1ccc(Cl)c(C(F)(F)F)c1)NC(=S)Nc1ccc(Cl)c(C(F)(F)F)c1. The molecule has 0 heterocycles. The summed E-state index contributed by atoms with van der Waals surface area (Å²) >= 11 is 21.3. The minimum absolute atomic E-state index is 0.0468. The van der Waals surface area contributed by atoms with E-state index in [1.165, 1.54) is 12.1 Å². The van der Waals surface area contributed by atoms with Crippen LogP contribution in [-0.4, -0.2) is 22.8 Å². The zero-order valence-corrected chi connectivity index (χ0v) is 19.7. The summed E-state index contributed by atoms with van der Waals surface area (Å²) in [4.78, 5) is 0. The third-order valence-electron chi connectivity index (χ3n) is 4.01. The van der Waals surface area contributed by atoms with E-state index in [1.807, 2.05) is 0 Å². The maximum absolute atomic E-state index is 13.0. The first kappa shape index (κ1) is 27.2. The zero-order chi connectivity index (χ0) is 25.0. The second kappa shape index (κ2) is 10.9. The number of benzene rings is 2. The third kappa shape index (κ3) is 8.36. The molecule has 0 saturated heterocycles. The molecule has 0 aliphatic rings. The molecule has 2 aromatic rings. The van der Waals surface area contributed by atoms with E-state index in [0.29, 0.717) is 0 Å². The van der Waals surface area contributed by atoms with Gasteiger partial charge in [0.15, 0.2) is 10.2 Å². The molecule has 0 spiro atoms. The molecule has 2 aromatic carbocycles. The Hall–Kier alpha value is -2.02. The minimum atomic E-state index is -4.62. The highest BCUT2D eigenvalue weighted by Gasteiger charge is 2.34. The molecular weight excluding hydrogens is 533 g/mol. The molecular formula is C19H16Cl2F6N4S2. The highest BCUT2D eigenvalue weighted by molar-refractivity contribution is 7.80. The summed E-state index contributed by atoms with van der Waals surface area (Å²) in [6, 6.07) is 6.20. The summed E-state index contributed by atoms with van der Waals surface area (Å²) in [7, 11) is 0. The Morgan fingerprint density at radius 2 is 1.24 bits per heavy atom. The molecule has 0 aliphatic carbocycles. The van der Waals surface area contributed by atoms with Gasteiger partial charge in [0.05, 0.1) is 21.2 Å². The van der Waals surface area contributed by atoms with Crippen molar-refractivity contribution in [2.45, 2.75) is 25.3 Å². The summed E-state index contributed by atoms with van der Waals surface area (Å²) in [6.45, 7) is 1.90. The summed E-state index contributed by atoms with van der Waals surface area (Å²) in [5.41, 5.74) is -1.83. The van der Waals surface area contributed by atoms with E-state index in [-0.39, 0.29) is 34.2 Å². The number of nitrogens with one attached hydrogen (secondary N) is 4. The van der Waals surface area contributed by atoms with Gasteiger partial charge in [0.25, 0.3) is 0 Å². The second-order valence-corrected chi connectivity index (χ2v) is 8.35. The fourth-order valence-corrected chi connectivity index (χ4v) is 3.47. The van der Waals surface area contributed by atoms with Crippen molar-refractivity contribution >= 4 is 69.2 Å². The van der Waals surface area contributed by atoms with E-state index < -0.39 is 33.5 Å². The van der Waals surface area contributed by atoms with Crippen LogP contribution in [-0.2, 0) is 12.4 Å². The fourth-order valence-electron chi connectivity index (χ4n) is 2.50. The smallest absolute Gasteiger partial charge is 0.360 e. The standard InChI is InChI=1S/C19H16Cl2F6N4S2/c1-9(29-17(33)31-11-3-5-15(21)13(7-11)19(25,26)27)8-28-16(32)30-10-2-4-14(20)12(6-10)18(22,23)24/h2-7,9H,8H2,1H3,(H2,28,30,32)(H2,29,31,33). The maximum atomic E-state index is 13.0. The van der Waals surface area contributed by atoms with Gasteiger partial charge in [-0.15, -0.1) is 0 Å². The molecule has 0 aliphatic heterocycles. The fraction of sp³-hybridized carbons (Fsp3) is 0.263. The largest absolute Gasteiger partial charge is 0.417 e. The Morgan fingerprint density at radius 3 is 1.67 bits per heavy atom. The quantitative estimate of drug-likeness (QED) is 0.246. The lowest BCUT2D eigenvalue weighted by Crippen LogP contribution is -2.44. The van der Waals surface area contributed by atoms with Gasteiger partial charge >= 0.3 is 12.4 Å². The van der Waals surface area contributed by atoms with Crippen LogP contribution in [0.3, 0.4) is 0 Å². The molecule has 2 rings (SSSR count). The van der Waals surface area contributed by atoms with Crippen LogP contribution >= 0.6 is 47.6 Å². The molecule has 14 heteroatoms. The maximum Gasteiger partial charge on any atom is 0.417 e. The number of halogens is 8. The van der Waals surface area contributed by atoms with Crippen molar-refractivity contribution in [2.24, 2.45) is 0 Å². The van der Waals surface area contributed by atoms with Gasteiger partial charge in [-0.05, 0) is 67.8 Å². The number of hydrogen-bond donors (Lipinski definition) is 4. The molecule has 0 amide bonds. The van der Waals surface area contributed by atoms with Gasteiger partial charge in [-0.3, -0.25) is 0 Å². The number of hydrogen-bond acceptors (Lipinski definition) is 2. The molecule has 33 heavy (non-hydrogen) atoms. The van der Waals surface area contributed by atoms with Crippen LogP contribution in [0.15, 0.2) is 36.4 Å². The summed E-state index contributed by atoms with van der Waals surface area (Å²) in [5, 5.41) is 10.1. The summed E-state index contributed by atoms with van der Waals surface area (Å²) < 4.78 is 77.7. The molecule has 180 valence electrons. The van der Waals surface area contributed by atoms with Crippen LogP contribution in [0.4, 0.5) is 37.7 Å². The molecule has 1 atom stereocenters. The van der Waals surface area contributed by atoms with Crippen LogP contribution < -0.4 is 21.3 Å². The minimum Gasteiger partial charge on any atom is -0.360 e. The summed E-state index contributed by atoms with van der Waals surface area (Å²) in [5.74, 6) is 0. The first-order valence-corrected chi connectivity index (χ1v) is 10.6. The van der Waals surface area contributed by atoms with E-state index in [4.69, 9.17) is 47.6 Å². The monoisotopic (exact) mass is 548 g/mol. The molecule has 0 bridgehead atoms. The first-order valence-electron chi connectivity index (χ1n) is 9.02. The van der Waals surface area contributed by atoms with Gasteiger partial charge in [-0.25, -0.2) is 0 Å². The van der Waals surface area contributed by atoms with E-state index in [2.05, 4.69) is 21.3 Å². The van der Waals surface area contributed by atoms with Crippen molar-refractivity contribution in [3.05, 3.63) is 57.6 Å². The predicted octanol–water partition coefficient (Wildman–Crippen LogP) is 6.69. The van der Waals surface area contributed by atoms with Gasteiger partial charge in [0.2, 0.25) is 0 Å². The van der Waals surface area contributed by atoms with Gasteiger partial charge in [0, 0.05) is 24.0 Å². The zero-order valence-electron chi connectivity index (χ0n) is 16.6. The Kier molecular flexibility index (Phi) is 9.02. The van der Waals surface area contributed by atoms with Crippen molar-refractivity contribution in [1.82, 2.24) is 10.6 Å². The van der Waals surface area contributed by atoms with E-state index >= 15 is 0 Å². The first-order chi connectivity index (χ1) is 15.2. The predicted molar refractivity (Wildman–Crippen MR) is 126 cm³/mol. The Bertz CT molecular complexity index is 1030. The average molecular weight is 549 g/mol. The van der Waals surface area contributed by atoms with Crippen molar-refractivity contribution in [3.8, 4) is 0 Å². The van der Waals surface area contributed by atoms with Crippen LogP contribution in [0.1, 0.15) is 18.1 Å². The summed E-state index contributed by atoms with van der Waals surface area (Å²) in [6.07, 6.45) is -9.23. The lowest BCUT2D eigenvalue weighted by atomic mass is 10.2. The Balaban J connectivity index is 1.87. The van der Waals surface area contributed by atoms with Crippen molar-refractivity contribution < 1.29 is 26.3 Å². The van der Waals surface area contributed by atoms with Crippen LogP contribution in [0.25, 0.3) is 0 Å². The highest BCUT2D eigenvalue weighted by atomic mass is 35.5. The van der Waals surface area contributed by atoms with Gasteiger partial charge < -0.3 is 21.3 Å². The number of thiocarbonyl (C=S) groups is 2. The van der Waals surface area contributed by atoms with Crippen LogP contribution in [0.2, 0.25) is 10.0 Å². The molecule has 0 fully saturated rings. The van der Waals surface area contributed by atoms with E-state index in [9.17, 15) is 26.3 Å². The van der Waals surface area contributed by atoms with E-state index in [1.54, 1.807) is 6.92 Å². The van der Waals surface area contributed by atoms with Crippen LogP contribution in [0.5, 0.6) is 0 Å². The van der Waals surface area contributed by atoms with Gasteiger partial charge in [-0.2, -0.15) is 26.3 Å². The number of anilines is 2. The normalized spacial score (nSPS) is 12.6. The number of rotatable bonds is 5. The van der Waals surface area contributed by atoms with Crippen molar-refractivity contribution in [1.29, 1.82) is 0 Å². The number of alkyl halides is 6. The van der Waals surface area contributed by atoms with E-state index in [0.717, 1.165) is 24.3 Å². The molecule has 0 saturated carbocycles. The van der Waals surface area contributed by atoms with Crippen molar-refractivity contribution in [2.75, 3.05) is 17.2 Å². The second-order valence-electron chi connectivity index (χ2n) is 6.72.